The van der Waals surface area contributed by atoms with E-state index < -0.39 is 0 Å². The van der Waals surface area contributed by atoms with E-state index in [1.54, 1.807) is 25.1 Å². The quantitative estimate of drug-likeness (QED) is 0.706. The standard InChI is InChI=1S/C22H22N2O4/c1-14-11-19(24-28-14)23-21(25)16-9-7-15(8-10-16)13-26-18-6-4-5-17-12-22(2,3)27-20(17)18/h4-11H,12-13H2,1-3H3,(H,23,24,25). The summed E-state index contributed by atoms with van der Waals surface area (Å²) in [6, 6.07) is 14.9. The van der Waals surface area contributed by atoms with Crippen molar-refractivity contribution in [3.05, 3.63) is 71.0 Å². The fraction of sp³-hybridized carbons (Fsp3) is 0.273. The number of hydrogen-bond acceptors (Lipinski definition) is 5. The van der Waals surface area contributed by atoms with Crippen LogP contribution in [-0.4, -0.2) is 16.7 Å². The van der Waals surface area contributed by atoms with Gasteiger partial charge in [0, 0.05) is 23.6 Å². The van der Waals surface area contributed by atoms with E-state index in [0.717, 1.165) is 29.0 Å². The monoisotopic (exact) mass is 378 g/mol. The zero-order valence-electron chi connectivity index (χ0n) is 16.1. The molecule has 1 N–H and O–H groups in total. The number of benzene rings is 2. The number of carbonyl (C=O) groups is 1. The molecule has 1 aliphatic rings. The number of nitrogens with one attached hydrogen (secondary N) is 1. The van der Waals surface area contributed by atoms with Crippen LogP contribution in [0.5, 0.6) is 11.5 Å². The number of aryl methyl sites for hydroxylation is 1. The Morgan fingerprint density at radius 1 is 1.21 bits per heavy atom. The minimum Gasteiger partial charge on any atom is -0.485 e. The summed E-state index contributed by atoms with van der Waals surface area (Å²) in [6.07, 6.45) is 0.869. The highest BCUT2D eigenvalue weighted by Gasteiger charge is 2.32. The molecule has 0 bridgehead atoms. The summed E-state index contributed by atoms with van der Waals surface area (Å²) >= 11 is 0. The van der Waals surface area contributed by atoms with Crippen molar-refractivity contribution in [2.75, 3.05) is 5.32 Å². The lowest BCUT2D eigenvalue weighted by molar-refractivity contribution is 0.102. The predicted molar refractivity (Wildman–Crippen MR) is 105 cm³/mol. The molecule has 28 heavy (non-hydrogen) atoms. The predicted octanol–water partition coefficient (Wildman–Crippen LogP) is 4.53. The number of hydrogen-bond donors (Lipinski definition) is 1. The fourth-order valence-electron chi connectivity index (χ4n) is 3.23. The van der Waals surface area contributed by atoms with Gasteiger partial charge in [0.1, 0.15) is 18.0 Å². The highest BCUT2D eigenvalue weighted by atomic mass is 16.5. The number of para-hydroxylation sites is 1. The molecule has 2 aromatic carbocycles. The van der Waals surface area contributed by atoms with Gasteiger partial charge in [-0.3, -0.25) is 4.79 Å². The molecule has 6 heteroatoms. The second-order valence-electron chi connectivity index (χ2n) is 7.55. The summed E-state index contributed by atoms with van der Waals surface area (Å²) in [7, 11) is 0. The molecule has 3 aromatic rings. The van der Waals surface area contributed by atoms with Crippen molar-refractivity contribution in [2.24, 2.45) is 0 Å². The number of nitrogens with zero attached hydrogens (tertiary/aromatic N) is 1. The van der Waals surface area contributed by atoms with Crippen LogP contribution in [0.3, 0.4) is 0 Å². The third-order valence-electron chi connectivity index (χ3n) is 4.54. The SMILES string of the molecule is Cc1cc(NC(=O)c2ccc(COc3cccc4c3OC(C)(C)C4)cc2)no1. The summed E-state index contributed by atoms with van der Waals surface area (Å²) in [5.74, 6) is 2.37. The van der Waals surface area contributed by atoms with Crippen molar-refractivity contribution < 1.29 is 18.8 Å². The molecule has 0 spiro atoms. The average Bonchev–Trinajstić information content (AvgIpc) is 3.21. The Morgan fingerprint density at radius 3 is 2.71 bits per heavy atom. The highest BCUT2D eigenvalue weighted by Crippen LogP contribution is 2.41. The second-order valence-corrected chi connectivity index (χ2v) is 7.55. The number of anilines is 1. The van der Waals surface area contributed by atoms with Gasteiger partial charge in [0.15, 0.2) is 17.3 Å². The molecule has 1 aromatic heterocycles. The first kappa shape index (κ1) is 18.1. The highest BCUT2D eigenvalue weighted by molar-refractivity contribution is 6.03. The zero-order valence-corrected chi connectivity index (χ0v) is 16.1. The Labute approximate surface area is 163 Å². The number of carbonyl (C=O) groups excluding carboxylic acids is 1. The molecule has 144 valence electrons. The van der Waals surface area contributed by atoms with Gasteiger partial charge in [-0.2, -0.15) is 0 Å². The Bertz CT molecular complexity index is 1010. The topological polar surface area (TPSA) is 73.6 Å². The zero-order chi connectivity index (χ0) is 19.7. The van der Waals surface area contributed by atoms with E-state index in [-0.39, 0.29) is 11.5 Å². The summed E-state index contributed by atoms with van der Waals surface area (Å²) in [4.78, 5) is 12.3. The lowest BCUT2D eigenvalue weighted by Crippen LogP contribution is -2.24. The first-order valence-electron chi connectivity index (χ1n) is 9.17. The van der Waals surface area contributed by atoms with Gasteiger partial charge in [0.2, 0.25) is 0 Å². The molecule has 2 heterocycles. The lowest BCUT2D eigenvalue weighted by atomic mass is 10.0. The summed E-state index contributed by atoms with van der Waals surface area (Å²) in [5, 5.41) is 6.46. The van der Waals surface area contributed by atoms with E-state index in [4.69, 9.17) is 14.0 Å². The molecule has 0 atom stereocenters. The molecular formula is C22H22N2O4. The third-order valence-corrected chi connectivity index (χ3v) is 4.54. The van der Waals surface area contributed by atoms with Crippen molar-refractivity contribution in [1.29, 1.82) is 0 Å². The first-order chi connectivity index (χ1) is 13.4. The number of aromatic nitrogens is 1. The molecule has 0 fully saturated rings. The van der Waals surface area contributed by atoms with Crippen LogP contribution in [-0.2, 0) is 13.0 Å². The van der Waals surface area contributed by atoms with Crippen molar-refractivity contribution in [2.45, 2.75) is 39.4 Å². The van der Waals surface area contributed by atoms with Crippen LogP contribution < -0.4 is 14.8 Å². The summed E-state index contributed by atoms with van der Waals surface area (Å²) in [6.45, 7) is 6.30. The van der Waals surface area contributed by atoms with Gasteiger partial charge in [0.05, 0.1) is 0 Å². The van der Waals surface area contributed by atoms with Crippen LogP contribution in [0.4, 0.5) is 5.82 Å². The normalized spacial score (nSPS) is 14.2. The van der Waals surface area contributed by atoms with Crippen molar-refractivity contribution in [3.63, 3.8) is 0 Å². The van der Waals surface area contributed by atoms with Crippen LogP contribution in [0.2, 0.25) is 0 Å². The fourth-order valence-corrected chi connectivity index (χ4v) is 3.23. The Kier molecular flexibility index (Phi) is 4.55. The van der Waals surface area contributed by atoms with Gasteiger partial charge < -0.3 is 19.3 Å². The van der Waals surface area contributed by atoms with Crippen LogP contribution in [0.15, 0.2) is 53.1 Å². The van der Waals surface area contributed by atoms with E-state index in [2.05, 4.69) is 30.4 Å². The van der Waals surface area contributed by atoms with E-state index >= 15 is 0 Å². The van der Waals surface area contributed by atoms with Crippen molar-refractivity contribution in [3.8, 4) is 11.5 Å². The summed E-state index contributed by atoms with van der Waals surface area (Å²) < 4.78 is 17.0. The smallest absolute Gasteiger partial charge is 0.256 e. The molecule has 0 radical (unpaired) electrons. The van der Waals surface area contributed by atoms with Gasteiger partial charge >= 0.3 is 0 Å². The van der Waals surface area contributed by atoms with E-state index in [9.17, 15) is 4.79 Å². The van der Waals surface area contributed by atoms with E-state index in [1.165, 1.54) is 0 Å². The lowest BCUT2D eigenvalue weighted by Gasteiger charge is -2.18. The molecular weight excluding hydrogens is 356 g/mol. The Morgan fingerprint density at radius 2 is 2.00 bits per heavy atom. The molecule has 0 saturated carbocycles. The molecule has 0 unspecified atom stereocenters. The van der Waals surface area contributed by atoms with Crippen LogP contribution in [0.25, 0.3) is 0 Å². The van der Waals surface area contributed by atoms with Gasteiger partial charge in [-0.05, 0) is 44.5 Å². The third kappa shape index (κ3) is 3.86. The number of amides is 1. The van der Waals surface area contributed by atoms with E-state index in [0.29, 0.717) is 23.7 Å². The van der Waals surface area contributed by atoms with Crippen LogP contribution in [0.1, 0.15) is 41.1 Å². The van der Waals surface area contributed by atoms with Crippen molar-refractivity contribution >= 4 is 11.7 Å². The largest absolute Gasteiger partial charge is 0.485 e. The number of fused-ring (bicyclic) bond motifs is 1. The van der Waals surface area contributed by atoms with Gasteiger partial charge in [-0.25, -0.2) is 0 Å². The van der Waals surface area contributed by atoms with Crippen LogP contribution >= 0.6 is 0 Å². The molecule has 1 amide bonds. The Hall–Kier alpha value is -3.28. The van der Waals surface area contributed by atoms with Gasteiger partial charge in [-0.1, -0.05) is 29.4 Å². The minimum absolute atomic E-state index is 0.209. The number of rotatable bonds is 5. The number of ether oxygens (including phenoxy) is 2. The Balaban J connectivity index is 1.39. The molecule has 4 rings (SSSR count). The molecule has 1 aliphatic heterocycles. The summed E-state index contributed by atoms with van der Waals surface area (Å²) in [5.41, 5.74) is 2.45. The molecule has 6 nitrogen and oxygen atoms in total. The van der Waals surface area contributed by atoms with E-state index in [1.807, 2.05) is 24.3 Å². The van der Waals surface area contributed by atoms with Gasteiger partial charge in [0.25, 0.3) is 5.91 Å². The van der Waals surface area contributed by atoms with Crippen LogP contribution in [0, 0.1) is 6.92 Å². The maximum atomic E-state index is 12.3. The minimum atomic E-state index is -0.239. The molecule has 0 saturated heterocycles. The second kappa shape index (κ2) is 7.03. The maximum absolute atomic E-state index is 12.3. The average molecular weight is 378 g/mol. The molecule has 0 aliphatic carbocycles. The van der Waals surface area contributed by atoms with Gasteiger partial charge in [-0.15, -0.1) is 0 Å². The maximum Gasteiger partial charge on any atom is 0.256 e. The first-order valence-corrected chi connectivity index (χ1v) is 9.17. The van der Waals surface area contributed by atoms with Crippen molar-refractivity contribution in [1.82, 2.24) is 5.16 Å².